The normalized spacial score (nSPS) is 41.0. The van der Waals surface area contributed by atoms with Crippen LogP contribution >= 0.6 is 0 Å². The molecule has 2 N–H and O–H groups in total. The molecule has 0 bridgehead atoms. The van der Waals surface area contributed by atoms with Crippen LogP contribution in [0.1, 0.15) is 13.8 Å². The topological polar surface area (TPSA) is 53.0 Å². The minimum absolute atomic E-state index is 0.0417. The lowest BCUT2D eigenvalue weighted by molar-refractivity contribution is -0.121. The fourth-order valence-electron chi connectivity index (χ4n) is 1.95. The number of hydrogen-bond donors (Lipinski definition) is 2. The summed E-state index contributed by atoms with van der Waals surface area (Å²) in [6.45, 7) is 4.07. The first kappa shape index (κ1) is 5.89. The first-order valence-electron chi connectivity index (χ1n) is 3.44. The third kappa shape index (κ3) is 0.426. The SMILES string of the molecule is CC1(C)C2C(=N)NC(=O)C21. The van der Waals surface area contributed by atoms with Crippen molar-refractivity contribution in [2.24, 2.45) is 17.3 Å². The van der Waals surface area contributed by atoms with E-state index in [1.165, 1.54) is 0 Å². The van der Waals surface area contributed by atoms with Gasteiger partial charge in [0.2, 0.25) is 5.91 Å². The molecular formula is C7H10N2O. The quantitative estimate of drug-likeness (QED) is 0.499. The molecule has 2 rings (SSSR count). The molecule has 0 aromatic rings. The zero-order valence-electron chi connectivity index (χ0n) is 6.06. The minimum Gasteiger partial charge on any atom is -0.314 e. The van der Waals surface area contributed by atoms with E-state index >= 15 is 0 Å². The Morgan fingerprint density at radius 2 is 2.10 bits per heavy atom. The van der Waals surface area contributed by atoms with Gasteiger partial charge in [-0.3, -0.25) is 10.2 Å². The number of fused-ring (bicyclic) bond motifs is 1. The zero-order valence-corrected chi connectivity index (χ0v) is 6.06. The van der Waals surface area contributed by atoms with Gasteiger partial charge in [0.05, 0.1) is 5.92 Å². The Morgan fingerprint density at radius 3 is 2.30 bits per heavy atom. The summed E-state index contributed by atoms with van der Waals surface area (Å²) in [5, 5.41) is 9.87. The highest BCUT2D eigenvalue weighted by molar-refractivity contribution is 6.11. The summed E-state index contributed by atoms with van der Waals surface area (Å²) < 4.78 is 0. The molecule has 2 atom stereocenters. The Bertz CT molecular complexity index is 210. The number of carbonyl (C=O) groups is 1. The molecule has 3 heteroatoms. The number of amides is 1. The monoisotopic (exact) mass is 138 g/mol. The number of nitrogens with one attached hydrogen (secondary N) is 2. The molecule has 0 aromatic carbocycles. The van der Waals surface area contributed by atoms with Crippen molar-refractivity contribution in [3.8, 4) is 0 Å². The Kier molecular flexibility index (Phi) is 0.743. The molecule has 1 aliphatic carbocycles. The molecule has 1 saturated carbocycles. The first-order chi connectivity index (χ1) is 4.55. The van der Waals surface area contributed by atoms with Crippen LogP contribution in [0.5, 0.6) is 0 Å². The van der Waals surface area contributed by atoms with E-state index in [0.717, 1.165) is 0 Å². The van der Waals surface area contributed by atoms with E-state index in [2.05, 4.69) is 5.32 Å². The van der Waals surface area contributed by atoms with Gasteiger partial charge in [0.15, 0.2) is 0 Å². The van der Waals surface area contributed by atoms with Crippen molar-refractivity contribution in [1.29, 1.82) is 5.41 Å². The molecule has 1 aliphatic heterocycles. The fraction of sp³-hybridized carbons (Fsp3) is 0.714. The second kappa shape index (κ2) is 1.26. The van der Waals surface area contributed by atoms with Gasteiger partial charge in [-0.2, -0.15) is 0 Å². The molecular weight excluding hydrogens is 128 g/mol. The summed E-state index contributed by atoms with van der Waals surface area (Å²) >= 11 is 0. The lowest BCUT2D eigenvalue weighted by Crippen LogP contribution is -2.29. The molecule has 54 valence electrons. The highest BCUT2D eigenvalue weighted by atomic mass is 16.2. The summed E-state index contributed by atoms with van der Waals surface area (Å²) in [6.07, 6.45) is 0. The summed E-state index contributed by atoms with van der Waals surface area (Å²) in [7, 11) is 0. The van der Waals surface area contributed by atoms with Crippen molar-refractivity contribution in [3.05, 3.63) is 0 Å². The zero-order chi connectivity index (χ0) is 7.52. The van der Waals surface area contributed by atoms with E-state index in [9.17, 15) is 4.79 Å². The van der Waals surface area contributed by atoms with Gasteiger partial charge in [-0.25, -0.2) is 0 Å². The van der Waals surface area contributed by atoms with Crippen molar-refractivity contribution in [3.63, 3.8) is 0 Å². The molecule has 2 fully saturated rings. The smallest absolute Gasteiger partial charge is 0.229 e. The van der Waals surface area contributed by atoms with E-state index < -0.39 is 0 Å². The van der Waals surface area contributed by atoms with E-state index in [1.807, 2.05) is 13.8 Å². The second-order valence-electron chi connectivity index (χ2n) is 3.68. The van der Waals surface area contributed by atoms with Gasteiger partial charge in [-0.1, -0.05) is 13.8 Å². The Morgan fingerprint density at radius 1 is 1.50 bits per heavy atom. The standard InChI is InChI=1S/C7H10N2O/c1-7(2)3-4(7)6(10)9-5(3)8/h3-4H,1-2H3,(H2,8,9,10). The van der Waals surface area contributed by atoms with Gasteiger partial charge < -0.3 is 5.32 Å². The molecule has 10 heavy (non-hydrogen) atoms. The average molecular weight is 138 g/mol. The highest BCUT2D eigenvalue weighted by Crippen LogP contribution is 2.60. The van der Waals surface area contributed by atoms with Crippen LogP contribution in [0.25, 0.3) is 0 Å². The van der Waals surface area contributed by atoms with Crippen LogP contribution in [0.4, 0.5) is 0 Å². The van der Waals surface area contributed by atoms with E-state index in [0.29, 0.717) is 5.84 Å². The molecule has 0 aromatic heterocycles. The predicted molar refractivity (Wildman–Crippen MR) is 36.6 cm³/mol. The molecule has 1 saturated heterocycles. The van der Waals surface area contributed by atoms with Gasteiger partial charge in [0.1, 0.15) is 5.84 Å². The summed E-state index contributed by atoms with van der Waals surface area (Å²) in [5.74, 6) is 0.750. The van der Waals surface area contributed by atoms with Crippen LogP contribution in [-0.2, 0) is 4.79 Å². The van der Waals surface area contributed by atoms with Crippen LogP contribution in [-0.4, -0.2) is 11.7 Å². The number of piperidine rings is 1. The van der Waals surface area contributed by atoms with Gasteiger partial charge in [0, 0.05) is 5.92 Å². The minimum atomic E-state index is 0.0417. The van der Waals surface area contributed by atoms with E-state index in [1.54, 1.807) is 0 Å². The number of amidine groups is 1. The fourth-order valence-corrected chi connectivity index (χ4v) is 1.95. The Hall–Kier alpha value is -0.860. The second-order valence-corrected chi connectivity index (χ2v) is 3.68. The third-order valence-corrected chi connectivity index (χ3v) is 2.68. The largest absolute Gasteiger partial charge is 0.314 e. The summed E-state index contributed by atoms with van der Waals surface area (Å²) in [5.41, 5.74) is 0.0689. The number of rotatable bonds is 0. The lowest BCUT2D eigenvalue weighted by atomic mass is 10.1. The molecule has 0 spiro atoms. The van der Waals surface area contributed by atoms with Crippen LogP contribution in [0, 0.1) is 22.7 Å². The number of hydrogen-bond acceptors (Lipinski definition) is 2. The van der Waals surface area contributed by atoms with E-state index in [-0.39, 0.29) is 23.2 Å². The molecule has 2 unspecified atom stereocenters. The Balaban J connectivity index is 2.34. The maximum Gasteiger partial charge on any atom is 0.229 e. The molecule has 1 amide bonds. The summed E-state index contributed by atoms with van der Waals surface area (Å²) in [6, 6.07) is 0. The van der Waals surface area contributed by atoms with Crippen molar-refractivity contribution in [1.82, 2.24) is 5.32 Å². The number of carbonyl (C=O) groups excluding carboxylic acids is 1. The summed E-state index contributed by atoms with van der Waals surface area (Å²) in [4.78, 5) is 11.0. The van der Waals surface area contributed by atoms with Gasteiger partial charge in [0.25, 0.3) is 0 Å². The molecule has 2 aliphatic rings. The first-order valence-corrected chi connectivity index (χ1v) is 3.44. The third-order valence-electron chi connectivity index (χ3n) is 2.68. The van der Waals surface area contributed by atoms with Crippen molar-refractivity contribution in [2.45, 2.75) is 13.8 Å². The van der Waals surface area contributed by atoms with Crippen molar-refractivity contribution in [2.75, 3.05) is 0 Å². The lowest BCUT2D eigenvalue weighted by Gasteiger charge is -2.07. The van der Waals surface area contributed by atoms with Crippen LogP contribution < -0.4 is 5.32 Å². The van der Waals surface area contributed by atoms with Crippen molar-refractivity contribution < 1.29 is 4.79 Å². The van der Waals surface area contributed by atoms with Crippen LogP contribution in [0.15, 0.2) is 0 Å². The van der Waals surface area contributed by atoms with Crippen LogP contribution in [0.3, 0.4) is 0 Å². The maximum absolute atomic E-state index is 11.0. The Labute approximate surface area is 59.3 Å². The highest BCUT2D eigenvalue weighted by Gasteiger charge is 2.68. The molecule has 1 heterocycles. The van der Waals surface area contributed by atoms with Crippen LogP contribution in [0.2, 0.25) is 0 Å². The van der Waals surface area contributed by atoms with E-state index in [4.69, 9.17) is 5.41 Å². The predicted octanol–water partition coefficient (Wildman–Crippen LogP) is 0.366. The van der Waals surface area contributed by atoms with Gasteiger partial charge >= 0.3 is 0 Å². The molecule has 0 radical (unpaired) electrons. The van der Waals surface area contributed by atoms with Gasteiger partial charge in [-0.05, 0) is 5.41 Å². The van der Waals surface area contributed by atoms with Crippen molar-refractivity contribution >= 4 is 11.7 Å². The maximum atomic E-state index is 11.0. The molecule has 3 nitrogen and oxygen atoms in total. The average Bonchev–Trinajstić information content (AvgIpc) is 2.17. The van der Waals surface area contributed by atoms with Gasteiger partial charge in [-0.15, -0.1) is 0 Å².